The molecule has 0 atom stereocenters. The normalized spacial score (nSPS) is 11.0. The van der Waals surface area contributed by atoms with Gasteiger partial charge in [-0.15, -0.1) is 0 Å². The summed E-state index contributed by atoms with van der Waals surface area (Å²) in [5, 5.41) is 1.70. The van der Waals surface area contributed by atoms with Crippen LogP contribution in [-0.4, -0.2) is 19.1 Å². The van der Waals surface area contributed by atoms with Gasteiger partial charge in [-0.25, -0.2) is 9.78 Å². The molecule has 0 amide bonds. The van der Waals surface area contributed by atoms with E-state index in [1.54, 1.807) is 6.07 Å². The molecule has 3 rings (SSSR count). The van der Waals surface area contributed by atoms with E-state index in [9.17, 15) is 4.79 Å². The monoisotopic (exact) mass is 240 g/mol. The van der Waals surface area contributed by atoms with Gasteiger partial charge in [-0.3, -0.25) is 0 Å². The Morgan fingerprint density at radius 3 is 2.61 bits per heavy atom. The highest BCUT2D eigenvalue weighted by Gasteiger charge is 2.11. The number of anilines is 1. The van der Waals surface area contributed by atoms with Crippen molar-refractivity contribution in [3.05, 3.63) is 46.8 Å². The van der Waals surface area contributed by atoms with Gasteiger partial charge in [0.2, 0.25) is 0 Å². The maximum atomic E-state index is 11.4. The number of fused-ring (bicyclic) bond motifs is 3. The highest BCUT2D eigenvalue weighted by molar-refractivity contribution is 6.06. The van der Waals surface area contributed by atoms with Gasteiger partial charge in [0.1, 0.15) is 5.82 Å². The number of pyridine rings is 1. The molecule has 0 unspecified atom stereocenters. The zero-order valence-corrected chi connectivity index (χ0v) is 10.2. The number of benzene rings is 1. The quantitative estimate of drug-likeness (QED) is 0.613. The van der Waals surface area contributed by atoms with Crippen molar-refractivity contribution in [2.75, 3.05) is 19.0 Å². The van der Waals surface area contributed by atoms with Gasteiger partial charge in [0, 0.05) is 25.5 Å². The lowest BCUT2D eigenvalue weighted by molar-refractivity contribution is 0.564. The van der Waals surface area contributed by atoms with E-state index in [2.05, 4.69) is 4.98 Å². The molecule has 0 saturated heterocycles. The molecule has 3 aromatic rings. The summed E-state index contributed by atoms with van der Waals surface area (Å²) in [7, 11) is 3.84. The van der Waals surface area contributed by atoms with Gasteiger partial charge >= 0.3 is 5.63 Å². The zero-order chi connectivity index (χ0) is 12.7. The van der Waals surface area contributed by atoms with Crippen molar-refractivity contribution in [2.24, 2.45) is 0 Å². The summed E-state index contributed by atoms with van der Waals surface area (Å²) < 4.78 is 5.34. The average Bonchev–Trinajstić information content (AvgIpc) is 2.37. The first-order valence-electron chi connectivity index (χ1n) is 5.67. The van der Waals surface area contributed by atoms with Crippen molar-refractivity contribution in [3.63, 3.8) is 0 Å². The van der Waals surface area contributed by atoms with Gasteiger partial charge in [0.15, 0.2) is 5.58 Å². The molecular formula is C14H12N2O2. The highest BCUT2D eigenvalue weighted by Crippen LogP contribution is 2.29. The second-order valence-corrected chi connectivity index (χ2v) is 4.34. The molecule has 0 aliphatic rings. The maximum absolute atomic E-state index is 11.4. The number of hydrogen-bond donors (Lipinski definition) is 0. The van der Waals surface area contributed by atoms with E-state index in [0.29, 0.717) is 5.58 Å². The Kier molecular flexibility index (Phi) is 2.30. The second-order valence-electron chi connectivity index (χ2n) is 4.34. The number of aromatic nitrogens is 1. The minimum atomic E-state index is -0.344. The van der Waals surface area contributed by atoms with Crippen LogP contribution in [0.2, 0.25) is 0 Å². The lowest BCUT2D eigenvalue weighted by Gasteiger charge is -2.14. The average molecular weight is 240 g/mol. The van der Waals surface area contributed by atoms with E-state index in [1.807, 2.05) is 43.3 Å². The summed E-state index contributed by atoms with van der Waals surface area (Å²) in [5.41, 5.74) is 1.07. The third-order valence-electron chi connectivity index (χ3n) is 2.87. The molecule has 18 heavy (non-hydrogen) atoms. The van der Waals surface area contributed by atoms with Crippen LogP contribution < -0.4 is 10.5 Å². The molecule has 4 nitrogen and oxygen atoms in total. The standard InChI is InChI=1S/C14H12N2O2/c1-16(2)14-10-7-8-12(17)18-13(10)9-5-3-4-6-11(9)15-14/h3-8H,1-2H3. The molecule has 90 valence electrons. The molecule has 0 saturated carbocycles. The summed E-state index contributed by atoms with van der Waals surface area (Å²) in [4.78, 5) is 17.9. The molecule has 0 fully saturated rings. The van der Waals surface area contributed by atoms with Crippen LogP contribution in [0, 0.1) is 0 Å². The van der Waals surface area contributed by atoms with Gasteiger partial charge in [0.25, 0.3) is 0 Å². The largest absolute Gasteiger partial charge is 0.422 e. The molecule has 2 aromatic heterocycles. The number of para-hydroxylation sites is 1. The third kappa shape index (κ3) is 1.54. The Bertz CT molecular complexity index is 791. The highest BCUT2D eigenvalue weighted by atomic mass is 16.4. The first-order chi connectivity index (χ1) is 8.66. The van der Waals surface area contributed by atoms with E-state index in [-0.39, 0.29) is 5.63 Å². The molecule has 0 spiro atoms. The van der Waals surface area contributed by atoms with Crippen LogP contribution in [0.4, 0.5) is 5.82 Å². The molecule has 0 N–H and O–H groups in total. The fraction of sp³-hybridized carbons (Fsp3) is 0.143. The molecule has 4 heteroatoms. The van der Waals surface area contributed by atoms with Crippen LogP contribution in [0.3, 0.4) is 0 Å². The van der Waals surface area contributed by atoms with Gasteiger partial charge < -0.3 is 9.32 Å². The van der Waals surface area contributed by atoms with E-state index in [1.165, 1.54) is 6.07 Å². The van der Waals surface area contributed by atoms with E-state index in [0.717, 1.165) is 22.1 Å². The summed E-state index contributed by atoms with van der Waals surface area (Å²) >= 11 is 0. The van der Waals surface area contributed by atoms with Crippen molar-refractivity contribution in [1.82, 2.24) is 4.98 Å². The van der Waals surface area contributed by atoms with Crippen LogP contribution in [0.1, 0.15) is 0 Å². The lowest BCUT2D eigenvalue weighted by atomic mass is 10.1. The van der Waals surface area contributed by atoms with Crippen LogP contribution in [-0.2, 0) is 0 Å². The fourth-order valence-electron chi connectivity index (χ4n) is 2.07. The Hall–Kier alpha value is -2.36. The fourth-order valence-corrected chi connectivity index (χ4v) is 2.07. The van der Waals surface area contributed by atoms with E-state index in [4.69, 9.17) is 4.42 Å². The summed E-state index contributed by atoms with van der Waals surface area (Å²) in [6.07, 6.45) is 0. The van der Waals surface area contributed by atoms with Gasteiger partial charge in [-0.2, -0.15) is 0 Å². The summed E-state index contributed by atoms with van der Waals surface area (Å²) in [6, 6.07) is 10.8. The Morgan fingerprint density at radius 2 is 1.83 bits per heavy atom. The predicted molar refractivity (Wildman–Crippen MR) is 72.1 cm³/mol. The summed E-state index contributed by atoms with van der Waals surface area (Å²) in [5.74, 6) is 0.799. The van der Waals surface area contributed by atoms with Crippen molar-refractivity contribution >= 4 is 27.7 Å². The van der Waals surface area contributed by atoms with E-state index < -0.39 is 0 Å². The van der Waals surface area contributed by atoms with Crippen LogP contribution >= 0.6 is 0 Å². The van der Waals surface area contributed by atoms with Gasteiger partial charge in [-0.05, 0) is 18.2 Å². The predicted octanol–water partition coefficient (Wildman–Crippen LogP) is 2.41. The molecule has 1 aromatic carbocycles. The Balaban J connectivity index is 2.59. The molecule has 2 heterocycles. The van der Waals surface area contributed by atoms with Crippen LogP contribution in [0.5, 0.6) is 0 Å². The lowest BCUT2D eigenvalue weighted by Crippen LogP contribution is -2.12. The number of nitrogens with zero attached hydrogens (tertiary/aromatic N) is 2. The summed E-state index contributed by atoms with van der Waals surface area (Å²) in [6.45, 7) is 0. The molecule has 0 aliphatic carbocycles. The zero-order valence-electron chi connectivity index (χ0n) is 10.2. The Morgan fingerprint density at radius 1 is 1.06 bits per heavy atom. The molecule has 0 radical (unpaired) electrons. The second kappa shape index (κ2) is 3.84. The van der Waals surface area contributed by atoms with Gasteiger partial charge in [-0.1, -0.05) is 12.1 Å². The number of hydrogen-bond acceptors (Lipinski definition) is 4. The molecular weight excluding hydrogens is 228 g/mol. The van der Waals surface area contributed by atoms with Crippen LogP contribution in [0.15, 0.2) is 45.6 Å². The molecule has 0 bridgehead atoms. The minimum Gasteiger partial charge on any atom is -0.422 e. The van der Waals surface area contributed by atoms with Crippen LogP contribution in [0.25, 0.3) is 21.9 Å². The SMILES string of the molecule is CN(C)c1nc2ccccc2c2oc(=O)ccc12. The van der Waals surface area contributed by atoms with E-state index >= 15 is 0 Å². The maximum Gasteiger partial charge on any atom is 0.336 e. The molecule has 0 aliphatic heterocycles. The topological polar surface area (TPSA) is 46.3 Å². The smallest absolute Gasteiger partial charge is 0.336 e. The third-order valence-corrected chi connectivity index (χ3v) is 2.87. The van der Waals surface area contributed by atoms with Gasteiger partial charge in [0.05, 0.1) is 10.9 Å². The Labute approximate surface area is 103 Å². The first kappa shape index (κ1) is 10.8. The minimum absolute atomic E-state index is 0.344. The van der Waals surface area contributed by atoms with Crippen molar-refractivity contribution in [1.29, 1.82) is 0 Å². The van der Waals surface area contributed by atoms with Crippen molar-refractivity contribution in [2.45, 2.75) is 0 Å². The van der Waals surface area contributed by atoms with Crippen molar-refractivity contribution < 1.29 is 4.42 Å². The van der Waals surface area contributed by atoms with Crippen molar-refractivity contribution in [3.8, 4) is 0 Å². The number of rotatable bonds is 1. The first-order valence-corrected chi connectivity index (χ1v) is 5.67.